The van der Waals surface area contributed by atoms with Crippen molar-refractivity contribution in [1.82, 2.24) is 5.32 Å². The number of nitrogens with zero attached hydrogens (tertiary/aromatic N) is 1. The first-order valence-corrected chi connectivity index (χ1v) is 6.24. The number of nitrogens with two attached hydrogens (primary N) is 1. The van der Waals surface area contributed by atoms with Crippen molar-refractivity contribution in [3.63, 3.8) is 0 Å². The second kappa shape index (κ2) is 7.48. The number of non-ortho nitro benzene ring substituents is 1. The van der Waals surface area contributed by atoms with Crippen molar-refractivity contribution in [2.24, 2.45) is 5.73 Å². The van der Waals surface area contributed by atoms with Crippen molar-refractivity contribution in [3.8, 4) is 0 Å². The highest BCUT2D eigenvalue weighted by molar-refractivity contribution is 5.75. The molecule has 0 fully saturated rings. The summed E-state index contributed by atoms with van der Waals surface area (Å²) >= 11 is 0. The third-order valence-electron chi connectivity index (χ3n) is 2.71. The van der Waals surface area contributed by atoms with Crippen LogP contribution in [0, 0.1) is 10.1 Å². The molecule has 0 saturated heterocycles. The monoisotopic (exact) mass is 265 g/mol. The highest BCUT2D eigenvalue weighted by Gasteiger charge is 2.05. The third-order valence-corrected chi connectivity index (χ3v) is 2.71. The van der Waals surface area contributed by atoms with Crippen LogP contribution in [0.5, 0.6) is 0 Å². The number of nitro benzene ring substituents is 1. The van der Waals surface area contributed by atoms with Crippen LogP contribution in [0.15, 0.2) is 24.3 Å². The van der Waals surface area contributed by atoms with Crippen LogP contribution in [0.4, 0.5) is 5.69 Å². The highest BCUT2D eigenvalue weighted by Crippen LogP contribution is 2.11. The summed E-state index contributed by atoms with van der Waals surface area (Å²) in [4.78, 5) is 21.5. The molecule has 0 aliphatic carbocycles. The smallest absolute Gasteiger partial charge is 0.269 e. The molecular formula is C13H19N3O3. The van der Waals surface area contributed by atoms with Gasteiger partial charge in [-0.05, 0) is 25.3 Å². The van der Waals surface area contributed by atoms with Gasteiger partial charge in [-0.25, -0.2) is 0 Å². The van der Waals surface area contributed by atoms with Gasteiger partial charge < -0.3 is 11.1 Å². The molecular weight excluding hydrogens is 246 g/mol. The lowest BCUT2D eigenvalue weighted by molar-refractivity contribution is -0.384. The average Bonchev–Trinajstić information content (AvgIpc) is 2.37. The molecule has 6 nitrogen and oxygen atoms in total. The zero-order valence-electron chi connectivity index (χ0n) is 11.0. The summed E-state index contributed by atoms with van der Waals surface area (Å²) in [5, 5.41) is 13.3. The van der Waals surface area contributed by atoms with E-state index in [1.807, 2.05) is 6.92 Å². The van der Waals surface area contributed by atoms with Crippen molar-refractivity contribution in [3.05, 3.63) is 39.9 Å². The van der Waals surface area contributed by atoms with E-state index >= 15 is 0 Å². The summed E-state index contributed by atoms with van der Waals surface area (Å²) in [6, 6.07) is 6.36. The predicted octanol–water partition coefficient (Wildman–Crippen LogP) is 1.38. The van der Waals surface area contributed by atoms with Gasteiger partial charge in [0.25, 0.3) is 5.69 Å². The molecule has 0 heterocycles. The summed E-state index contributed by atoms with van der Waals surface area (Å²) in [6.45, 7) is 2.39. The summed E-state index contributed by atoms with van der Waals surface area (Å²) < 4.78 is 0. The molecule has 1 unspecified atom stereocenters. The number of nitrogens with one attached hydrogen (secondary N) is 1. The Hall–Kier alpha value is -1.95. The zero-order chi connectivity index (χ0) is 14.3. The van der Waals surface area contributed by atoms with Crippen molar-refractivity contribution in [2.45, 2.75) is 32.2 Å². The maximum Gasteiger partial charge on any atom is 0.269 e. The average molecular weight is 265 g/mol. The Morgan fingerprint density at radius 2 is 2.05 bits per heavy atom. The molecule has 1 aromatic carbocycles. The van der Waals surface area contributed by atoms with Gasteiger partial charge in [-0.15, -0.1) is 0 Å². The maximum atomic E-state index is 11.4. The van der Waals surface area contributed by atoms with Crippen LogP contribution >= 0.6 is 0 Å². The van der Waals surface area contributed by atoms with E-state index in [1.54, 1.807) is 12.1 Å². The summed E-state index contributed by atoms with van der Waals surface area (Å²) in [7, 11) is 0. The highest BCUT2D eigenvalue weighted by atomic mass is 16.6. The second-order valence-electron chi connectivity index (χ2n) is 4.54. The van der Waals surface area contributed by atoms with Gasteiger partial charge >= 0.3 is 0 Å². The molecule has 1 amide bonds. The molecule has 1 rings (SSSR count). The number of hydrogen-bond acceptors (Lipinski definition) is 4. The number of amides is 1. The molecule has 0 aliphatic rings. The van der Waals surface area contributed by atoms with Crippen molar-refractivity contribution >= 4 is 11.6 Å². The van der Waals surface area contributed by atoms with Gasteiger partial charge in [0.05, 0.1) is 4.92 Å². The third kappa shape index (κ3) is 5.96. The minimum atomic E-state index is -0.431. The summed E-state index contributed by atoms with van der Waals surface area (Å²) in [5.74, 6) is -0.0146. The number of carbonyl (C=O) groups is 1. The fourth-order valence-corrected chi connectivity index (χ4v) is 1.58. The molecule has 3 N–H and O–H groups in total. The molecule has 6 heteroatoms. The van der Waals surface area contributed by atoms with Crippen molar-refractivity contribution in [1.29, 1.82) is 0 Å². The minimum Gasteiger partial charge on any atom is -0.356 e. The Labute approximate surface area is 112 Å². The molecule has 0 radical (unpaired) electrons. The zero-order valence-corrected chi connectivity index (χ0v) is 11.0. The van der Waals surface area contributed by atoms with E-state index in [0.29, 0.717) is 25.8 Å². The fourth-order valence-electron chi connectivity index (χ4n) is 1.58. The van der Waals surface area contributed by atoms with E-state index in [1.165, 1.54) is 12.1 Å². The van der Waals surface area contributed by atoms with E-state index in [9.17, 15) is 14.9 Å². The molecule has 0 spiro atoms. The van der Waals surface area contributed by atoms with Crippen molar-refractivity contribution < 1.29 is 9.72 Å². The molecule has 0 aliphatic heterocycles. The lowest BCUT2D eigenvalue weighted by atomic mass is 10.1. The molecule has 0 bridgehead atoms. The SMILES string of the molecule is CC(N)CCC(=O)NCCc1ccc([N+](=O)[O-])cc1. The van der Waals surface area contributed by atoms with Crippen LogP contribution in [0.1, 0.15) is 25.3 Å². The van der Waals surface area contributed by atoms with Crippen LogP contribution in [-0.4, -0.2) is 23.4 Å². The number of nitro groups is 1. The Kier molecular flexibility index (Phi) is 5.95. The van der Waals surface area contributed by atoms with Crippen LogP contribution in [0.2, 0.25) is 0 Å². The number of rotatable bonds is 7. The molecule has 1 atom stereocenters. The van der Waals surface area contributed by atoms with Gasteiger partial charge in [0.2, 0.25) is 5.91 Å². The fraction of sp³-hybridized carbons (Fsp3) is 0.462. The van der Waals surface area contributed by atoms with Crippen LogP contribution in [-0.2, 0) is 11.2 Å². The Bertz CT molecular complexity index is 429. The van der Waals surface area contributed by atoms with Gasteiger partial charge in [0.1, 0.15) is 0 Å². The van der Waals surface area contributed by atoms with Crippen molar-refractivity contribution in [2.75, 3.05) is 6.54 Å². The van der Waals surface area contributed by atoms with Gasteiger partial charge in [0.15, 0.2) is 0 Å². The van der Waals surface area contributed by atoms with Crippen LogP contribution in [0.3, 0.4) is 0 Å². The first kappa shape index (κ1) is 15.1. The van der Waals surface area contributed by atoms with Crippen LogP contribution in [0.25, 0.3) is 0 Å². The lowest BCUT2D eigenvalue weighted by Gasteiger charge is -2.07. The first-order valence-electron chi connectivity index (χ1n) is 6.24. The van der Waals surface area contributed by atoms with E-state index < -0.39 is 4.92 Å². The van der Waals surface area contributed by atoms with Gasteiger partial charge in [-0.3, -0.25) is 14.9 Å². The first-order chi connectivity index (χ1) is 8.99. The van der Waals surface area contributed by atoms with Gasteiger partial charge in [0, 0.05) is 31.1 Å². The largest absolute Gasteiger partial charge is 0.356 e. The molecule has 0 aromatic heterocycles. The Balaban J connectivity index is 2.29. The molecule has 104 valence electrons. The summed E-state index contributed by atoms with van der Waals surface area (Å²) in [6.07, 6.45) is 1.75. The topological polar surface area (TPSA) is 98.3 Å². The molecule has 19 heavy (non-hydrogen) atoms. The molecule has 1 aromatic rings. The van der Waals surface area contributed by atoms with Gasteiger partial charge in [-0.1, -0.05) is 12.1 Å². The minimum absolute atomic E-state index is 0.0146. The molecule has 0 saturated carbocycles. The normalized spacial score (nSPS) is 11.9. The standard InChI is InChI=1S/C13H19N3O3/c1-10(14)2-7-13(17)15-9-8-11-3-5-12(6-4-11)16(18)19/h3-6,10H,2,7-9,14H2,1H3,(H,15,17). The van der Waals surface area contributed by atoms with E-state index in [4.69, 9.17) is 5.73 Å². The quantitative estimate of drug-likeness (QED) is 0.574. The lowest BCUT2D eigenvalue weighted by Crippen LogP contribution is -2.27. The van der Waals surface area contributed by atoms with E-state index in [2.05, 4.69) is 5.32 Å². The Morgan fingerprint density at radius 3 is 2.58 bits per heavy atom. The summed E-state index contributed by atoms with van der Waals surface area (Å²) in [5.41, 5.74) is 6.59. The van der Waals surface area contributed by atoms with Crippen LogP contribution < -0.4 is 11.1 Å². The number of carbonyl (C=O) groups excluding carboxylic acids is 1. The van der Waals surface area contributed by atoms with E-state index in [-0.39, 0.29) is 17.6 Å². The van der Waals surface area contributed by atoms with E-state index in [0.717, 1.165) is 5.56 Å². The maximum absolute atomic E-state index is 11.4. The second-order valence-corrected chi connectivity index (χ2v) is 4.54. The number of benzene rings is 1. The van der Waals surface area contributed by atoms with Gasteiger partial charge in [-0.2, -0.15) is 0 Å². The number of hydrogen-bond donors (Lipinski definition) is 2. The Morgan fingerprint density at radius 1 is 1.42 bits per heavy atom. The predicted molar refractivity (Wildman–Crippen MR) is 72.7 cm³/mol.